The second-order valence-corrected chi connectivity index (χ2v) is 6.71. The molecule has 2 N–H and O–H groups in total. The van der Waals surface area contributed by atoms with Gasteiger partial charge in [-0.3, -0.25) is 4.55 Å². The maximum Gasteiger partial charge on any atom is 0.438 e. The fraction of sp³-hybridized carbons (Fsp3) is 1.00. The van der Waals surface area contributed by atoms with E-state index in [1.165, 1.54) is 0 Å². The number of rotatable bonds is 8. The van der Waals surface area contributed by atoms with Crippen molar-refractivity contribution in [2.75, 3.05) is 14.1 Å². The molecule has 0 aliphatic rings. The maximum absolute atomic E-state index is 13.1. The Morgan fingerprint density at radius 3 is 1.25 bits per heavy atom. The Morgan fingerprint density at radius 1 is 0.714 bits per heavy atom. The Balaban J connectivity index is 0. The zero-order chi connectivity index (χ0) is 23.6. The summed E-state index contributed by atoms with van der Waals surface area (Å²) < 4.78 is 184. The van der Waals surface area contributed by atoms with E-state index in [1.54, 1.807) is 0 Å². The van der Waals surface area contributed by atoms with Crippen LogP contribution in [0.4, 0.5) is 52.7 Å². The molecule has 0 heterocycles. The van der Waals surface area contributed by atoms with Crippen LogP contribution in [0.25, 0.3) is 0 Å². The van der Waals surface area contributed by atoms with Crippen LogP contribution in [0.3, 0.4) is 0 Å². The van der Waals surface area contributed by atoms with E-state index in [0.717, 1.165) is 0 Å². The van der Waals surface area contributed by atoms with E-state index in [0.29, 0.717) is 6.92 Å². The Bertz CT molecular complexity index is 620. The van der Waals surface area contributed by atoms with Gasteiger partial charge in [-0.05, 0) is 14.1 Å². The second-order valence-electron chi connectivity index (χ2n) is 5.24. The normalized spacial score (nSPS) is 15.1. The predicted octanol–water partition coefficient (Wildman–Crippen LogP) is 4.28. The molecule has 0 atom stereocenters. The standard InChI is InChI=1S/C9H8F12O3S.C2H7N/c1-2-3-4(10,11)5(12,13)6(14,15)7(16,17)8(18,19)9(20,21)25(22,23)24;1-3-2/h2-3H2,1H3,(H,22,23,24);3H,1-2H3. The molecule has 0 amide bonds. The molecule has 0 spiro atoms. The van der Waals surface area contributed by atoms with Crippen molar-refractivity contribution in [1.82, 2.24) is 5.32 Å². The summed E-state index contributed by atoms with van der Waals surface area (Å²) in [6.07, 6.45) is -3.24. The smallest absolute Gasteiger partial charge is 0.323 e. The first-order valence-corrected chi connectivity index (χ1v) is 8.24. The van der Waals surface area contributed by atoms with Crippen molar-refractivity contribution in [1.29, 1.82) is 0 Å². The highest BCUT2D eigenvalue weighted by Gasteiger charge is 2.91. The molecule has 0 aromatic heterocycles. The van der Waals surface area contributed by atoms with Gasteiger partial charge in [0.2, 0.25) is 0 Å². The fourth-order valence-corrected chi connectivity index (χ4v) is 1.89. The van der Waals surface area contributed by atoms with Crippen molar-refractivity contribution in [3.63, 3.8) is 0 Å². The lowest BCUT2D eigenvalue weighted by Crippen LogP contribution is -2.71. The second kappa shape index (κ2) is 8.41. The molecule has 28 heavy (non-hydrogen) atoms. The Hall–Kier alpha value is -0.970. The molecule has 0 saturated heterocycles. The summed E-state index contributed by atoms with van der Waals surface area (Å²) in [6, 6.07) is 0. The number of halogens is 12. The molecule has 0 bridgehead atoms. The fourth-order valence-electron chi connectivity index (χ4n) is 1.44. The Labute approximate surface area is 151 Å². The average molecular weight is 469 g/mol. The number of hydrogen-bond donors (Lipinski definition) is 2. The van der Waals surface area contributed by atoms with Crippen LogP contribution in [0.5, 0.6) is 0 Å². The molecule has 0 aliphatic heterocycles. The largest absolute Gasteiger partial charge is 0.438 e. The van der Waals surface area contributed by atoms with E-state index in [4.69, 9.17) is 4.55 Å². The first-order valence-electron chi connectivity index (χ1n) is 6.80. The third-order valence-corrected chi connectivity index (χ3v) is 3.80. The van der Waals surface area contributed by atoms with Gasteiger partial charge >= 0.3 is 45.0 Å². The Kier molecular flexibility index (Phi) is 8.78. The highest BCUT2D eigenvalue weighted by atomic mass is 32.2. The molecule has 0 aliphatic carbocycles. The molecular weight excluding hydrogens is 454 g/mol. The minimum Gasteiger partial charge on any atom is -0.323 e. The average Bonchev–Trinajstić information content (AvgIpc) is 2.45. The molecule has 0 aromatic carbocycles. The monoisotopic (exact) mass is 469 g/mol. The van der Waals surface area contributed by atoms with Crippen LogP contribution in [0.2, 0.25) is 0 Å². The summed E-state index contributed by atoms with van der Waals surface area (Å²) in [5, 5.41) is -4.65. The number of nitrogens with one attached hydrogen (secondary N) is 1. The maximum atomic E-state index is 13.1. The quantitative estimate of drug-likeness (QED) is 0.412. The van der Waals surface area contributed by atoms with Gasteiger partial charge in [-0.25, -0.2) is 0 Å². The van der Waals surface area contributed by atoms with Crippen LogP contribution in [-0.2, 0) is 10.1 Å². The third-order valence-electron chi connectivity index (χ3n) is 2.90. The molecular formula is C11H15F12NO3S. The number of hydrogen-bond acceptors (Lipinski definition) is 3. The summed E-state index contributed by atoms with van der Waals surface area (Å²) in [5.74, 6) is -37.1. The van der Waals surface area contributed by atoms with E-state index in [1.807, 2.05) is 14.1 Å². The molecule has 0 rings (SSSR count). The zero-order valence-corrected chi connectivity index (χ0v) is 14.9. The molecule has 0 fully saturated rings. The summed E-state index contributed by atoms with van der Waals surface area (Å²) >= 11 is 0. The molecule has 0 unspecified atom stereocenters. The van der Waals surface area contributed by atoms with Gasteiger partial charge in [0.1, 0.15) is 0 Å². The molecule has 0 radical (unpaired) electrons. The highest BCUT2D eigenvalue weighted by molar-refractivity contribution is 7.87. The van der Waals surface area contributed by atoms with Crippen LogP contribution >= 0.6 is 0 Å². The van der Waals surface area contributed by atoms with Gasteiger partial charge in [-0.1, -0.05) is 13.3 Å². The van der Waals surface area contributed by atoms with Crippen LogP contribution in [0.1, 0.15) is 19.8 Å². The SMILES string of the molecule is CCCC(F)(F)C(F)(F)C(F)(F)C(F)(F)C(F)(F)C(F)(F)S(=O)(=O)O.CNC. The van der Waals surface area contributed by atoms with E-state index in [-0.39, 0.29) is 0 Å². The van der Waals surface area contributed by atoms with Crippen molar-refractivity contribution in [3.05, 3.63) is 0 Å². The topological polar surface area (TPSA) is 66.4 Å². The van der Waals surface area contributed by atoms with Crippen LogP contribution in [0.15, 0.2) is 0 Å². The highest BCUT2D eigenvalue weighted by Crippen LogP contribution is 2.61. The van der Waals surface area contributed by atoms with Crippen molar-refractivity contribution in [2.45, 2.75) is 54.6 Å². The lowest BCUT2D eigenvalue weighted by molar-refractivity contribution is -0.417. The van der Waals surface area contributed by atoms with Gasteiger partial charge < -0.3 is 5.32 Å². The van der Waals surface area contributed by atoms with Gasteiger partial charge in [0.15, 0.2) is 0 Å². The summed E-state index contributed by atoms with van der Waals surface area (Å²) in [6.45, 7) is 0.696. The van der Waals surface area contributed by atoms with E-state index in [9.17, 15) is 61.1 Å². The minimum absolute atomic E-state index is 0.696. The number of alkyl halides is 12. The van der Waals surface area contributed by atoms with Gasteiger partial charge in [0.05, 0.1) is 0 Å². The zero-order valence-electron chi connectivity index (χ0n) is 14.1. The summed E-state index contributed by atoms with van der Waals surface area (Å²) in [4.78, 5) is 0. The molecule has 4 nitrogen and oxygen atoms in total. The Morgan fingerprint density at radius 2 is 1.00 bits per heavy atom. The first kappa shape index (κ1) is 29.2. The van der Waals surface area contributed by atoms with E-state index >= 15 is 0 Å². The van der Waals surface area contributed by atoms with Gasteiger partial charge in [-0.2, -0.15) is 61.1 Å². The third kappa shape index (κ3) is 4.44. The van der Waals surface area contributed by atoms with Crippen molar-refractivity contribution < 1.29 is 65.7 Å². The van der Waals surface area contributed by atoms with Gasteiger partial charge in [0, 0.05) is 6.42 Å². The lowest BCUT2D eigenvalue weighted by Gasteiger charge is -2.40. The molecule has 0 saturated carbocycles. The molecule has 172 valence electrons. The van der Waals surface area contributed by atoms with Crippen molar-refractivity contribution in [2.24, 2.45) is 0 Å². The predicted molar refractivity (Wildman–Crippen MR) is 71.1 cm³/mol. The first-order chi connectivity index (χ1) is 12.0. The van der Waals surface area contributed by atoms with Crippen LogP contribution in [-0.4, -0.2) is 61.9 Å². The van der Waals surface area contributed by atoms with E-state index in [2.05, 4.69) is 5.32 Å². The van der Waals surface area contributed by atoms with Crippen LogP contribution < -0.4 is 5.32 Å². The van der Waals surface area contributed by atoms with Crippen molar-refractivity contribution in [3.8, 4) is 0 Å². The van der Waals surface area contributed by atoms with E-state index < -0.39 is 57.8 Å². The molecule has 17 heteroatoms. The van der Waals surface area contributed by atoms with Gasteiger partial charge in [0.25, 0.3) is 0 Å². The van der Waals surface area contributed by atoms with Crippen LogP contribution in [0, 0.1) is 0 Å². The minimum atomic E-state index is -8.01. The van der Waals surface area contributed by atoms with Crippen molar-refractivity contribution >= 4 is 10.1 Å². The molecule has 0 aromatic rings. The summed E-state index contributed by atoms with van der Waals surface area (Å²) in [5.41, 5.74) is 0. The lowest BCUT2D eigenvalue weighted by atomic mass is 9.92. The van der Waals surface area contributed by atoms with Gasteiger partial charge in [-0.15, -0.1) is 0 Å². The summed E-state index contributed by atoms with van der Waals surface area (Å²) in [7, 11) is -3.77.